The molecule has 0 spiro atoms. The first-order chi connectivity index (χ1) is 10.7. The Morgan fingerprint density at radius 3 is 3.14 bits per heavy atom. The number of nitrogens with zero attached hydrogens (tertiary/aromatic N) is 3. The Kier molecular flexibility index (Phi) is 2.96. The lowest BCUT2D eigenvalue weighted by molar-refractivity contribution is 0.455. The Bertz CT molecular complexity index is 786. The van der Waals surface area contributed by atoms with Crippen LogP contribution in [-0.2, 0) is 0 Å². The van der Waals surface area contributed by atoms with Gasteiger partial charge in [-0.1, -0.05) is 0 Å². The van der Waals surface area contributed by atoms with Crippen LogP contribution in [0.1, 0.15) is 31.0 Å². The highest BCUT2D eigenvalue weighted by Crippen LogP contribution is 2.35. The summed E-state index contributed by atoms with van der Waals surface area (Å²) in [6.07, 6.45) is 6.15. The van der Waals surface area contributed by atoms with Crippen LogP contribution in [0, 0.1) is 5.92 Å². The summed E-state index contributed by atoms with van der Waals surface area (Å²) in [6, 6.07) is 3.87. The molecule has 0 saturated heterocycles. The molecule has 4 rings (SSSR count). The molecule has 1 fully saturated rings. The number of imidazole rings is 1. The van der Waals surface area contributed by atoms with E-state index in [-0.39, 0.29) is 5.88 Å². The van der Waals surface area contributed by atoms with Gasteiger partial charge in [0.05, 0.1) is 0 Å². The molecule has 2 aromatic rings. The minimum atomic E-state index is -0.00376. The lowest BCUT2D eigenvalue weighted by Crippen LogP contribution is -2.04. The standard InChI is InChI=1S/C16H17N5O/c1-9-12(11-3-2-6-17-14(11)19-9)7-13-15(22)21-16(20-13)18-8-10-4-5-10/h2-3,6-7,10,22H,4-5,8H2,1H3,(H2,18,20,21)/b12-7+. The molecule has 0 bridgehead atoms. The van der Waals surface area contributed by atoms with E-state index >= 15 is 0 Å². The molecule has 2 aromatic heterocycles. The van der Waals surface area contributed by atoms with E-state index in [1.165, 1.54) is 12.8 Å². The molecule has 1 aliphatic heterocycles. The first kappa shape index (κ1) is 13.1. The predicted octanol–water partition coefficient (Wildman–Crippen LogP) is 2.98. The highest BCUT2D eigenvalue weighted by Gasteiger charge is 2.22. The van der Waals surface area contributed by atoms with E-state index in [9.17, 15) is 5.11 Å². The van der Waals surface area contributed by atoms with Crippen molar-refractivity contribution in [3.8, 4) is 5.88 Å². The number of allylic oxidation sites excluding steroid dienone is 1. The van der Waals surface area contributed by atoms with Crippen LogP contribution in [0.15, 0.2) is 23.3 Å². The van der Waals surface area contributed by atoms with Crippen LogP contribution >= 0.6 is 0 Å². The number of aromatic nitrogens is 3. The topological polar surface area (TPSA) is 86.2 Å². The number of hydrogen-bond acceptors (Lipinski definition) is 5. The van der Waals surface area contributed by atoms with Gasteiger partial charge in [0.25, 0.3) is 0 Å². The van der Waals surface area contributed by atoms with Crippen molar-refractivity contribution in [3.63, 3.8) is 0 Å². The van der Waals surface area contributed by atoms with Crippen LogP contribution in [0.25, 0.3) is 11.6 Å². The highest BCUT2D eigenvalue weighted by atomic mass is 16.3. The number of hydrogen-bond donors (Lipinski definition) is 3. The van der Waals surface area contributed by atoms with Crippen molar-refractivity contribution >= 4 is 29.1 Å². The van der Waals surface area contributed by atoms with Crippen LogP contribution in [0.3, 0.4) is 0 Å². The van der Waals surface area contributed by atoms with Crippen molar-refractivity contribution < 1.29 is 5.11 Å². The molecule has 112 valence electrons. The fourth-order valence-electron chi connectivity index (χ4n) is 2.56. The van der Waals surface area contributed by atoms with Crippen molar-refractivity contribution in [2.75, 3.05) is 11.9 Å². The van der Waals surface area contributed by atoms with E-state index in [2.05, 4.69) is 25.3 Å². The third-order valence-corrected chi connectivity index (χ3v) is 4.00. The minimum Gasteiger partial charge on any atom is -0.492 e. The summed E-state index contributed by atoms with van der Waals surface area (Å²) in [7, 11) is 0. The molecule has 0 unspecified atom stereocenters. The Balaban J connectivity index is 1.63. The monoisotopic (exact) mass is 295 g/mol. The summed E-state index contributed by atoms with van der Waals surface area (Å²) < 4.78 is 0. The fourth-order valence-corrected chi connectivity index (χ4v) is 2.56. The fraction of sp³-hybridized carbons (Fsp3) is 0.312. The highest BCUT2D eigenvalue weighted by molar-refractivity contribution is 6.31. The van der Waals surface area contributed by atoms with Gasteiger partial charge >= 0.3 is 0 Å². The average Bonchev–Trinajstić information content (AvgIpc) is 3.20. The van der Waals surface area contributed by atoms with Gasteiger partial charge in [0.15, 0.2) is 5.82 Å². The molecule has 6 heteroatoms. The summed E-state index contributed by atoms with van der Waals surface area (Å²) in [5.41, 5.74) is 3.40. The number of rotatable bonds is 4. The van der Waals surface area contributed by atoms with E-state index in [1.807, 2.05) is 25.1 Å². The Labute approximate surface area is 128 Å². The van der Waals surface area contributed by atoms with Gasteiger partial charge in [-0.25, -0.2) is 9.98 Å². The molecule has 0 amide bonds. The zero-order valence-corrected chi connectivity index (χ0v) is 12.3. The van der Waals surface area contributed by atoms with Gasteiger partial charge in [0.2, 0.25) is 11.8 Å². The lowest BCUT2D eigenvalue weighted by atomic mass is 10.0. The molecule has 3 heterocycles. The summed E-state index contributed by atoms with van der Waals surface area (Å²) in [6.45, 7) is 2.84. The van der Waals surface area contributed by atoms with E-state index in [4.69, 9.17) is 0 Å². The first-order valence-electron chi connectivity index (χ1n) is 7.46. The Hall–Kier alpha value is -2.63. The van der Waals surface area contributed by atoms with Crippen LogP contribution < -0.4 is 5.32 Å². The minimum absolute atomic E-state index is 0.00376. The number of aromatic hydroxyl groups is 1. The van der Waals surface area contributed by atoms with Crippen molar-refractivity contribution in [2.24, 2.45) is 10.9 Å². The number of anilines is 1. The SMILES string of the molecule is CC1=Nc2ncccc2/C1=C/c1[nH]c(NCC2CC2)nc1O. The van der Waals surface area contributed by atoms with Gasteiger partial charge in [-0.3, -0.25) is 0 Å². The number of nitrogens with one attached hydrogen (secondary N) is 2. The third-order valence-electron chi connectivity index (χ3n) is 4.00. The van der Waals surface area contributed by atoms with Crippen molar-refractivity contribution in [1.82, 2.24) is 15.0 Å². The number of aromatic amines is 1. The van der Waals surface area contributed by atoms with Crippen molar-refractivity contribution in [1.29, 1.82) is 0 Å². The molecule has 1 saturated carbocycles. The van der Waals surface area contributed by atoms with Crippen LogP contribution in [-0.4, -0.2) is 32.3 Å². The summed E-state index contributed by atoms with van der Waals surface area (Å²) in [4.78, 5) is 15.9. The molecule has 0 radical (unpaired) electrons. The maximum absolute atomic E-state index is 10.0. The molecule has 0 aromatic carbocycles. The molecular weight excluding hydrogens is 278 g/mol. The van der Waals surface area contributed by atoms with E-state index < -0.39 is 0 Å². The number of pyridine rings is 1. The summed E-state index contributed by atoms with van der Waals surface area (Å²) >= 11 is 0. The molecule has 2 aliphatic rings. The normalized spacial score (nSPS) is 18.4. The number of aliphatic imine (C=N–C) groups is 1. The first-order valence-corrected chi connectivity index (χ1v) is 7.46. The zero-order valence-electron chi connectivity index (χ0n) is 12.3. The Morgan fingerprint density at radius 1 is 1.45 bits per heavy atom. The van der Waals surface area contributed by atoms with Crippen LogP contribution in [0.4, 0.5) is 11.8 Å². The van der Waals surface area contributed by atoms with Crippen LogP contribution in [0.2, 0.25) is 0 Å². The summed E-state index contributed by atoms with van der Waals surface area (Å²) in [5.74, 6) is 2.07. The van der Waals surface area contributed by atoms with Gasteiger partial charge in [0, 0.05) is 29.6 Å². The number of fused-ring (bicyclic) bond motifs is 1. The predicted molar refractivity (Wildman–Crippen MR) is 86.3 cm³/mol. The smallest absolute Gasteiger partial charge is 0.238 e. The second-order valence-electron chi connectivity index (χ2n) is 5.78. The maximum atomic E-state index is 10.0. The Morgan fingerprint density at radius 2 is 2.32 bits per heavy atom. The number of H-pyrrole nitrogens is 1. The lowest BCUT2D eigenvalue weighted by Gasteiger charge is -2.00. The van der Waals surface area contributed by atoms with Crippen LogP contribution in [0.5, 0.6) is 5.88 Å². The molecular formula is C16H17N5O. The van der Waals surface area contributed by atoms with E-state index in [1.54, 1.807) is 6.20 Å². The molecule has 0 atom stereocenters. The van der Waals surface area contributed by atoms with E-state index in [0.717, 1.165) is 35.1 Å². The molecule has 22 heavy (non-hydrogen) atoms. The summed E-state index contributed by atoms with van der Waals surface area (Å²) in [5, 5.41) is 13.2. The molecule has 1 aliphatic carbocycles. The van der Waals surface area contributed by atoms with Crippen molar-refractivity contribution in [2.45, 2.75) is 19.8 Å². The van der Waals surface area contributed by atoms with Crippen molar-refractivity contribution in [3.05, 3.63) is 29.6 Å². The van der Waals surface area contributed by atoms with Gasteiger partial charge < -0.3 is 15.4 Å². The zero-order chi connectivity index (χ0) is 15.1. The molecule has 6 nitrogen and oxygen atoms in total. The largest absolute Gasteiger partial charge is 0.492 e. The quantitative estimate of drug-likeness (QED) is 0.809. The second-order valence-corrected chi connectivity index (χ2v) is 5.78. The third kappa shape index (κ3) is 2.36. The van der Waals surface area contributed by atoms with E-state index in [0.29, 0.717) is 11.6 Å². The van der Waals surface area contributed by atoms with Gasteiger partial charge in [-0.15, -0.1) is 0 Å². The second kappa shape index (κ2) is 4.98. The average molecular weight is 295 g/mol. The maximum Gasteiger partial charge on any atom is 0.238 e. The molecule has 3 N–H and O–H groups in total. The van der Waals surface area contributed by atoms with Gasteiger partial charge in [-0.2, -0.15) is 4.98 Å². The van der Waals surface area contributed by atoms with Gasteiger partial charge in [0.1, 0.15) is 5.69 Å². The van der Waals surface area contributed by atoms with Gasteiger partial charge in [-0.05, 0) is 43.9 Å².